The summed E-state index contributed by atoms with van der Waals surface area (Å²) in [6.45, 7) is 0.556. The summed E-state index contributed by atoms with van der Waals surface area (Å²) in [4.78, 5) is 40.5. The number of anilines is 1. The van der Waals surface area contributed by atoms with Crippen LogP contribution in [0.4, 0.5) is 10.1 Å². The average Bonchev–Trinajstić information content (AvgIpc) is 3.60. The third-order valence-corrected chi connectivity index (χ3v) is 5.67. The Morgan fingerprint density at radius 2 is 1.77 bits per heavy atom. The van der Waals surface area contributed by atoms with Gasteiger partial charge >= 0.3 is 0 Å². The maximum absolute atomic E-state index is 13.7. The fraction of sp³-hybridized carbons (Fsp3) is 0.269. The molecule has 1 fully saturated rings. The first-order valence-corrected chi connectivity index (χ1v) is 11.4. The van der Waals surface area contributed by atoms with Gasteiger partial charge < -0.3 is 19.8 Å². The average molecular weight is 480 g/mol. The molecule has 0 spiro atoms. The normalized spacial score (nSPS) is 15.9. The lowest BCUT2D eigenvalue weighted by Crippen LogP contribution is -2.48. The largest absolute Gasteiger partial charge is 0.459 e. The second-order valence-electron chi connectivity index (χ2n) is 8.09. The van der Waals surface area contributed by atoms with Gasteiger partial charge in [-0.15, -0.1) is 0 Å². The molecule has 182 valence electrons. The standard InChI is InChI=1S/C26H26FN3O5/c27-19-10-12-20(13-11-19)30(23(31)17-29-25(32)22-9-5-15-35-22)24(18-6-2-1-3-7-18)26(33)28-16-21-8-4-14-34-21/h1-3,5-7,9-13,15,21,24H,4,8,14,16-17H2,(H,28,33)(H,29,32)/t21-,24+/m1/s1. The molecule has 0 saturated carbocycles. The molecule has 2 atom stereocenters. The van der Waals surface area contributed by atoms with E-state index in [1.165, 1.54) is 41.5 Å². The van der Waals surface area contributed by atoms with E-state index in [-0.39, 0.29) is 11.9 Å². The van der Waals surface area contributed by atoms with Gasteiger partial charge in [0.05, 0.1) is 18.9 Å². The number of halogens is 1. The molecule has 1 aliphatic heterocycles. The van der Waals surface area contributed by atoms with Crippen LogP contribution in [0.1, 0.15) is 35.0 Å². The quantitative estimate of drug-likeness (QED) is 0.491. The van der Waals surface area contributed by atoms with Crippen LogP contribution in [0.3, 0.4) is 0 Å². The minimum absolute atomic E-state index is 0.0556. The van der Waals surface area contributed by atoms with Crippen molar-refractivity contribution < 1.29 is 27.9 Å². The second kappa shape index (κ2) is 11.4. The van der Waals surface area contributed by atoms with E-state index < -0.39 is 36.1 Å². The Labute approximate surface area is 202 Å². The van der Waals surface area contributed by atoms with Gasteiger partial charge in [0, 0.05) is 18.8 Å². The van der Waals surface area contributed by atoms with Gasteiger partial charge in [-0.2, -0.15) is 0 Å². The zero-order chi connectivity index (χ0) is 24.6. The van der Waals surface area contributed by atoms with Crippen LogP contribution < -0.4 is 15.5 Å². The van der Waals surface area contributed by atoms with Gasteiger partial charge in [-0.3, -0.25) is 19.3 Å². The van der Waals surface area contributed by atoms with Crippen molar-refractivity contribution in [3.63, 3.8) is 0 Å². The summed E-state index contributed by atoms with van der Waals surface area (Å²) in [5.41, 5.74) is 0.872. The maximum atomic E-state index is 13.7. The number of carbonyl (C=O) groups is 3. The van der Waals surface area contributed by atoms with Crippen LogP contribution >= 0.6 is 0 Å². The topological polar surface area (TPSA) is 101 Å². The fourth-order valence-corrected chi connectivity index (χ4v) is 3.94. The SMILES string of the molecule is O=C(NCC(=O)N(c1ccc(F)cc1)[C@H](C(=O)NC[C@H]1CCCO1)c1ccccc1)c1ccco1. The molecule has 9 heteroatoms. The summed E-state index contributed by atoms with van der Waals surface area (Å²) >= 11 is 0. The molecule has 0 radical (unpaired) electrons. The summed E-state index contributed by atoms with van der Waals surface area (Å²) in [5, 5.41) is 5.41. The molecule has 1 aliphatic rings. The van der Waals surface area contributed by atoms with Gasteiger partial charge in [0.1, 0.15) is 11.9 Å². The Morgan fingerprint density at radius 3 is 2.43 bits per heavy atom. The molecule has 0 unspecified atom stereocenters. The minimum Gasteiger partial charge on any atom is -0.459 e. The van der Waals surface area contributed by atoms with Gasteiger partial charge in [-0.05, 0) is 54.8 Å². The Hall–Kier alpha value is -3.98. The summed E-state index contributed by atoms with van der Waals surface area (Å²) in [5.74, 6) is -1.97. The second-order valence-corrected chi connectivity index (χ2v) is 8.09. The first kappa shape index (κ1) is 24.2. The molecule has 4 rings (SSSR count). The monoisotopic (exact) mass is 479 g/mol. The van der Waals surface area contributed by atoms with Gasteiger partial charge in [0.2, 0.25) is 11.8 Å². The molecule has 1 saturated heterocycles. The van der Waals surface area contributed by atoms with Crippen molar-refractivity contribution in [2.75, 3.05) is 24.6 Å². The highest BCUT2D eigenvalue weighted by atomic mass is 19.1. The van der Waals surface area contributed by atoms with Crippen LogP contribution in [-0.2, 0) is 14.3 Å². The van der Waals surface area contributed by atoms with Gasteiger partial charge in [-0.1, -0.05) is 30.3 Å². The van der Waals surface area contributed by atoms with E-state index in [1.54, 1.807) is 36.4 Å². The number of nitrogens with one attached hydrogen (secondary N) is 2. The molecule has 0 bridgehead atoms. The number of hydrogen-bond acceptors (Lipinski definition) is 5. The van der Waals surface area contributed by atoms with E-state index in [9.17, 15) is 18.8 Å². The van der Waals surface area contributed by atoms with E-state index in [0.29, 0.717) is 24.4 Å². The molecule has 3 amide bonds. The van der Waals surface area contributed by atoms with Crippen LogP contribution in [0.5, 0.6) is 0 Å². The Balaban J connectivity index is 1.62. The molecule has 1 aromatic heterocycles. The molecule has 3 aromatic rings. The summed E-state index contributed by atoms with van der Waals surface area (Å²) in [7, 11) is 0. The third-order valence-electron chi connectivity index (χ3n) is 5.67. The summed E-state index contributed by atoms with van der Waals surface area (Å²) in [6.07, 6.45) is 3.04. The predicted octanol–water partition coefficient (Wildman–Crippen LogP) is 3.22. The number of rotatable bonds is 9. The Bertz CT molecular complexity index is 1130. The van der Waals surface area contributed by atoms with E-state index >= 15 is 0 Å². The lowest BCUT2D eigenvalue weighted by molar-refractivity contribution is -0.126. The molecule has 0 aliphatic carbocycles. The molecular weight excluding hydrogens is 453 g/mol. The van der Waals surface area contributed by atoms with Crippen molar-refractivity contribution in [1.29, 1.82) is 0 Å². The Kier molecular flexibility index (Phi) is 7.89. The highest BCUT2D eigenvalue weighted by Crippen LogP contribution is 2.28. The molecule has 35 heavy (non-hydrogen) atoms. The van der Waals surface area contributed by atoms with Crippen molar-refractivity contribution in [2.45, 2.75) is 25.0 Å². The molecular formula is C26H26FN3O5. The van der Waals surface area contributed by atoms with Crippen molar-refractivity contribution in [1.82, 2.24) is 10.6 Å². The van der Waals surface area contributed by atoms with Gasteiger partial charge in [0.15, 0.2) is 5.76 Å². The minimum atomic E-state index is -1.06. The van der Waals surface area contributed by atoms with Crippen LogP contribution in [0.2, 0.25) is 0 Å². The maximum Gasteiger partial charge on any atom is 0.287 e. The van der Waals surface area contributed by atoms with Crippen molar-refractivity contribution in [2.24, 2.45) is 0 Å². The first-order valence-electron chi connectivity index (χ1n) is 11.4. The molecule has 2 aromatic carbocycles. The zero-order valence-electron chi connectivity index (χ0n) is 19.0. The number of carbonyl (C=O) groups excluding carboxylic acids is 3. The van der Waals surface area contributed by atoms with E-state index in [2.05, 4.69) is 10.6 Å². The van der Waals surface area contributed by atoms with E-state index in [4.69, 9.17) is 9.15 Å². The first-order chi connectivity index (χ1) is 17.0. The van der Waals surface area contributed by atoms with Crippen LogP contribution in [0.15, 0.2) is 77.4 Å². The Morgan fingerprint density at radius 1 is 1.00 bits per heavy atom. The lowest BCUT2D eigenvalue weighted by Gasteiger charge is -2.32. The lowest BCUT2D eigenvalue weighted by atomic mass is 10.0. The zero-order valence-corrected chi connectivity index (χ0v) is 19.0. The highest BCUT2D eigenvalue weighted by molar-refractivity contribution is 6.04. The highest BCUT2D eigenvalue weighted by Gasteiger charge is 2.33. The predicted molar refractivity (Wildman–Crippen MR) is 126 cm³/mol. The summed E-state index contributed by atoms with van der Waals surface area (Å²) < 4.78 is 24.3. The van der Waals surface area contributed by atoms with Crippen molar-refractivity contribution in [3.05, 3.63) is 90.1 Å². The van der Waals surface area contributed by atoms with E-state index in [0.717, 1.165) is 12.8 Å². The number of ether oxygens (including phenoxy) is 1. The van der Waals surface area contributed by atoms with Gasteiger partial charge in [0.25, 0.3) is 5.91 Å². The summed E-state index contributed by atoms with van der Waals surface area (Å²) in [6, 6.07) is 16.1. The number of benzene rings is 2. The number of furan rings is 1. The van der Waals surface area contributed by atoms with Crippen LogP contribution in [0.25, 0.3) is 0 Å². The van der Waals surface area contributed by atoms with Gasteiger partial charge in [-0.25, -0.2) is 4.39 Å². The molecule has 2 N–H and O–H groups in total. The number of nitrogens with zero attached hydrogens (tertiary/aromatic N) is 1. The molecule has 8 nitrogen and oxygen atoms in total. The van der Waals surface area contributed by atoms with E-state index in [1.807, 2.05) is 0 Å². The third kappa shape index (κ3) is 6.13. The fourth-order valence-electron chi connectivity index (χ4n) is 3.94. The smallest absolute Gasteiger partial charge is 0.287 e. The number of hydrogen-bond donors (Lipinski definition) is 2. The number of amides is 3. The van der Waals surface area contributed by atoms with Crippen molar-refractivity contribution >= 4 is 23.4 Å². The van der Waals surface area contributed by atoms with Crippen molar-refractivity contribution in [3.8, 4) is 0 Å². The van der Waals surface area contributed by atoms with Crippen LogP contribution in [0, 0.1) is 5.82 Å². The van der Waals surface area contributed by atoms with Crippen LogP contribution in [-0.4, -0.2) is 43.5 Å². The molecule has 2 heterocycles.